The van der Waals surface area contributed by atoms with Gasteiger partial charge in [-0.2, -0.15) is 4.31 Å². The van der Waals surface area contributed by atoms with Gasteiger partial charge in [0.2, 0.25) is 10.0 Å². The maximum absolute atomic E-state index is 14.2. The third-order valence-corrected chi connectivity index (χ3v) is 10.5. The summed E-state index contributed by atoms with van der Waals surface area (Å²) in [4.78, 5) is 0.612. The second-order valence-electron chi connectivity index (χ2n) is 11.9. The molecule has 4 aromatic carbocycles. The van der Waals surface area contributed by atoms with Crippen molar-refractivity contribution in [3.05, 3.63) is 118 Å². The molecular formula is C34H39NO4S2. The van der Waals surface area contributed by atoms with Gasteiger partial charge in [0.15, 0.2) is 9.84 Å². The minimum atomic E-state index is -3.83. The largest absolute Gasteiger partial charge is 0.244 e. The second-order valence-corrected chi connectivity index (χ2v) is 15.8. The van der Waals surface area contributed by atoms with Gasteiger partial charge >= 0.3 is 0 Å². The Balaban J connectivity index is 1.70. The van der Waals surface area contributed by atoms with Crippen LogP contribution in [0.15, 0.2) is 94.7 Å². The van der Waals surface area contributed by atoms with Gasteiger partial charge in [-0.05, 0) is 77.3 Å². The Kier molecular flexibility index (Phi) is 8.65. The van der Waals surface area contributed by atoms with Crippen LogP contribution in [0.5, 0.6) is 0 Å². The third-order valence-electron chi connectivity index (χ3n) is 7.29. The SMILES string of the molecule is Cc1cc(C)c(S(=O)(=O)N(Cc2ccc(-c3cccc(S(C)(=O)=O)c3)cc2)Cc2ccc(C(C)(C)C)cc2)c(C)c1. The summed E-state index contributed by atoms with van der Waals surface area (Å²) in [5.41, 5.74) is 7.08. The summed E-state index contributed by atoms with van der Waals surface area (Å²) in [7, 11) is -7.16. The summed E-state index contributed by atoms with van der Waals surface area (Å²) in [6, 6.07) is 26.4. The quantitative estimate of drug-likeness (QED) is 0.215. The van der Waals surface area contributed by atoms with Crippen LogP contribution >= 0.6 is 0 Å². The molecular weight excluding hydrogens is 551 g/mol. The Labute approximate surface area is 245 Å². The molecule has 0 N–H and O–H groups in total. The summed E-state index contributed by atoms with van der Waals surface area (Å²) in [5, 5.41) is 0. The van der Waals surface area contributed by atoms with Gasteiger partial charge in [0, 0.05) is 19.3 Å². The first-order valence-corrected chi connectivity index (χ1v) is 17.0. The van der Waals surface area contributed by atoms with Crippen LogP contribution < -0.4 is 0 Å². The highest BCUT2D eigenvalue weighted by Gasteiger charge is 2.28. The maximum Gasteiger partial charge on any atom is 0.244 e. The number of hydrogen-bond acceptors (Lipinski definition) is 4. The summed E-state index contributed by atoms with van der Waals surface area (Å²) < 4.78 is 54.0. The molecule has 4 aromatic rings. The van der Waals surface area contributed by atoms with E-state index in [4.69, 9.17) is 0 Å². The molecule has 0 saturated carbocycles. The summed E-state index contributed by atoms with van der Waals surface area (Å²) in [6.45, 7) is 12.6. The lowest BCUT2D eigenvalue weighted by atomic mass is 9.87. The smallest absolute Gasteiger partial charge is 0.224 e. The zero-order chi connectivity index (χ0) is 30.2. The van der Waals surface area contributed by atoms with E-state index in [-0.39, 0.29) is 23.4 Å². The third kappa shape index (κ3) is 7.15. The summed E-state index contributed by atoms with van der Waals surface area (Å²) in [6.07, 6.45) is 1.19. The number of nitrogens with zero attached hydrogens (tertiary/aromatic N) is 1. The Morgan fingerprint density at radius 1 is 0.659 bits per heavy atom. The van der Waals surface area contributed by atoms with Gasteiger partial charge in [-0.25, -0.2) is 16.8 Å². The number of sulfone groups is 1. The molecule has 0 spiro atoms. The number of rotatable bonds is 8. The first-order valence-electron chi connectivity index (χ1n) is 13.6. The molecule has 0 aliphatic rings. The molecule has 5 nitrogen and oxygen atoms in total. The van der Waals surface area contributed by atoms with E-state index in [9.17, 15) is 16.8 Å². The molecule has 0 saturated heterocycles. The number of benzene rings is 4. The van der Waals surface area contributed by atoms with Crippen LogP contribution in [-0.2, 0) is 38.4 Å². The second kappa shape index (κ2) is 11.6. The molecule has 0 heterocycles. The van der Waals surface area contributed by atoms with Crippen molar-refractivity contribution in [2.45, 2.75) is 69.8 Å². The molecule has 7 heteroatoms. The van der Waals surface area contributed by atoms with E-state index in [1.807, 2.05) is 75.4 Å². The van der Waals surface area contributed by atoms with Crippen molar-refractivity contribution in [1.82, 2.24) is 4.31 Å². The van der Waals surface area contributed by atoms with Crippen molar-refractivity contribution in [2.75, 3.05) is 6.26 Å². The molecule has 0 aliphatic carbocycles. The molecule has 41 heavy (non-hydrogen) atoms. The predicted molar refractivity (Wildman–Crippen MR) is 167 cm³/mol. The van der Waals surface area contributed by atoms with Crippen LogP contribution in [0.2, 0.25) is 0 Å². The van der Waals surface area contributed by atoms with Crippen LogP contribution in [0.25, 0.3) is 11.1 Å². The summed E-state index contributed by atoms with van der Waals surface area (Å²) in [5.74, 6) is 0. The van der Waals surface area contributed by atoms with Crippen molar-refractivity contribution in [3.8, 4) is 11.1 Å². The lowest BCUT2D eigenvalue weighted by Crippen LogP contribution is -2.31. The number of hydrogen-bond donors (Lipinski definition) is 0. The topological polar surface area (TPSA) is 71.5 Å². The lowest BCUT2D eigenvalue weighted by Gasteiger charge is -2.25. The van der Waals surface area contributed by atoms with Crippen molar-refractivity contribution in [3.63, 3.8) is 0 Å². The van der Waals surface area contributed by atoms with Gasteiger partial charge in [-0.1, -0.05) is 99.1 Å². The van der Waals surface area contributed by atoms with E-state index in [0.717, 1.165) is 38.9 Å². The highest BCUT2D eigenvalue weighted by atomic mass is 32.2. The molecule has 0 unspecified atom stereocenters. The van der Waals surface area contributed by atoms with E-state index in [0.29, 0.717) is 4.90 Å². The van der Waals surface area contributed by atoms with E-state index >= 15 is 0 Å². The van der Waals surface area contributed by atoms with Crippen molar-refractivity contribution in [1.29, 1.82) is 0 Å². The van der Waals surface area contributed by atoms with Gasteiger partial charge in [-0.3, -0.25) is 0 Å². The maximum atomic E-state index is 14.2. The summed E-state index contributed by atoms with van der Waals surface area (Å²) >= 11 is 0. The zero-order valence-electron chi connectivity index (χ0n) is 24.9. The average Bonchev–Trinajstić information content (AvgIpc) is 2.87. The number of sulfonamides is 1. The predicted octanol–water partition coefficient (Wildman–Crippen LogP) is 7.37. The molecule has 216 valence electrons. The molecule has 0 amide bonds. The average molecular weight is 590 g/mol. The fourth-order valence-corrected chi connectivity index (χ4v) is 7.65. The van der Waals surface area contributed by atoms with Gasteiger partial charge in [-0.15, -0.1) is 0 Å². The minimum absolute atomic E-state index is 0.00297. The fourth-order valence-electron chi connectivity index (χ4n) is 5.15. The Morgan fingerprint density at radius 3 is 1.66 bits per heavy atom. The van der Waals surface area contributed by atoms with E-state index in [2.05, 4.69) is 32.9 Å². The number of aryl methyl sites for hydroxylation is 3. The lowest BCUT2D eigenvalue weighted by molar-refractivity contribution is 0.400. The molecule has 0 bridgehead atoms. The molecule has 4 rings (SSSR count). The Bertz CT molecular complexity index is 1740. The molecule has 0 radical (unpaired) electrons. The van der Waals surface area contributed by atoms with Gasteiger partial charge in [0.05, 0.1) is 9.79 Å². The Hall–Kier alpha value is -3.26. The molecule has 0 atom stereocenters. The zero-order valence-corrected chi connectivity index (χ0v) is 26.5. The van der Waals surface area contributed by atoms with E-state index in [1.165, 1.54) is 11.8 Å². The molecule has 0 fully saturated rings. The van der Waals surface area contributed by atoms with Gasteiger partial charge < -0.3 is 0 Å². The van der Waals surface area contributed by atoms with Crippen LogP contribution in [0.4, 0.5) is 0 Å². The van der Waals surface area contributed by atoms with Crippen LogP contribution in [0.1, 0.15) is 54.2 Å². The normalized spacial score (nSPS) is 12.6. The molecule has 0 aliphatic heterocycles. The van der Waals surface area contributed by atoms with Crippen molar-refractivity contribution < 1.29 is 16.8 Å². The molecule has 0 aromatic heterocycles. The van der Waals surface area contributed by atoms with Crippen LogP contribution in [-0.4, -0.2) is 27.4 Å². The van der Waals surface area contributed by atoms with Crippen molar-refractivity contribution >= 4 is 19.9 Å². The van der Waals surface area contributed by atoms with Crippen LogP contribution in [0.3, 0.4) is 0 Å². The fraction of sp³-hybridized carbons (Fsp3) is 0.294. The highest BCUT2D eigenvalue weighted by molar-refractivity contribution is 7.90. The van der Waals surface area contributed by atoms with Gasteiger partial charge in [0.1, 0.15) is 0 Å². The van der Waals surface area contributed by atoms with Gasteiger partial charge in [0.25, 0.3) is 0 Å². The van der Waals surface area contributed by atoms with E-state index < -0.39 is 19.9 Å². The standard InChI is InChI=1S/C34H39NO4S2/c1-24-19-25(2)33(26(3)20-24)41(38,39)35(23-28-13-17-31(18-14-28)34(4,5)6)22-27-11-15-29(16-12-27)30-9-8-10-32(21-30)40(7,36)37/h8-21H,22-23H2,1-7H3. The first kappa shape index (κ1) is 30.7. The van der Waals surface area contributed by atoms with Crippen LogP contribution in [0, 0.1) is 20.8 Å². The van der Waals surface area contributed by atoms with Crippen molar-refractivity contribution in [2.24, 2.45) is 0 Å². The highest BCUT2D eigenvalue weighted by Crippen LogP contribution is 2.30. The van der Waals surface area contributed by atoms with E-state index in [1.54, 1.807) is 22.5 Å². The first-order chi connectivity index (χ1) is 19.1. The minimum Gasteiger partial charge on any atom is -0.224 e. The monoisotopic (exact) mass is 589 g/mol. The Morgan fingerprint density at radius 2 is 1.17 bits per heavy atom.